The van der Waals surface area contributed by atoms with Gasteiger partial charge in [0.05, 0.1) is 30.4 Å². The highest BCUT2D eigenvalue weighted by Gasteiger charge is 2.31. The molecule has 0 aliphatic carbocycles. The first-order valence-electron chi connectivity index (χ1n) is 9.35. The minimum Gasteiger partial charge on any atom is -0.497 e. The highest BCUT2D eigenvalue weighted by Crippen LogP contribution is 2.29. The number of ether oxygens (including phenoxy) is 2. The number of fused-ring (bicyclic) bond motifs is 1. The molecular weight excluding hydrogens is 445 g/mol. The summed E-state index contributed by atoms with van der Waals surface area (Å²) in [5, 5.41) is 7.83. The van der Waals surface area contributed by atoms with Crippen molar-refractivity contribution in [3.63, 3.8) is 0 Å². The summed E-state index contributed by atoms with van der Waals surface area (Å²) in [6.07, 6.45) is -1.40. The fourth-order valence-electron chi connectivity index (χ4n) is 3.13. The third kappa shape index (κ3) is 4.67. The summed E-state index contributed by atoms with van der Waals surface area (Å²) in [7, 11) is 1.55. The molecule has 166 valence electrons. The number of pyridine rings is 1. The number of methoxy groups -OCH3 is 1. The Kier molecular flexibility index (Phi) is 5.74. The lowest BCUT2D eigenvalue weighted by atomic mass is 10.2. The van der Waals surface area contributed by atoms with Crippen LogP contribution < -0.4 is 14.8 Å². The number of aryl methyl sites for hydroxylation is 1. The standard InChI is InChI=1S/C21H17F3N4O3S/c1-12-18(17-9-15(30-2)7-8-28(17)27-12)19(29)25-10-16-11-26-20(32-16)13-3-5-14(6-4-13)31-21(22,23)24/h3-9,11H,10H2,1-2H3,(H,25,29). The fraction of sp³-hybridized carbons (Fsp3) is 0.190. The summed E-state index contributed by atoms with van der Waals surface area (Å²) in [5.74, 6) is 0.0326. The summed E-state index contributed by atoms with van der Waals surface area (Å²) < 4.78 is 47.6. The van der Waals surface area contributed by atoms with E-state index in [-0.39, 0.29) is 18.2 Å². The number of alkyl halides is 3. The number of hydrogen-bond acceptors (Lipinski definition) is 6. The van der Waals surface area contributed by atoms with Crippen molar-refractivity contribution in [2.45, 2.75) is 19.8 Å². The molecule has 0 spiro atoms. The lowest BCUT2D eigenvalue weighted by molar-refractivity contribution is -0.274. The SMILES string of the molecule is COc1ccn2nc(C)c(C(=O)NCc3cnc(-c4ccc(OC(F)(F)F)cc4)s3)c2c1. The minimum atomic E-state index is -4.74. The summed E-state index contributed by atoms with van der Waals surface area (Å²) in [4.78, 5) is 17.9. The van der Waals surface area contributed by atoms with Gasteiger partial charge in [-0.3, -0.25) is 4.79 Å². The van der Waals surface area contributed by atoms with E-state index in [9.17, 15) is 18.0 Å². The van der Waals surface area contributed by atoms with Crippen LogP contribution in [0, 0.1) is 6.92 Å². The second-order valence-electron chi connectivity index (χ2n) is 6.74. The lowest BCUT2D eigenvalue weighted by Crippen LogP contribution is -2.22. The van der Waals surface area contributed by atoms with Crippen LogP contribution in [0.15, 0.2) is 48.8 Å². The Labute approximate surface area is 184 Å². The van der Waals surface area contributed by atoms with Crippen LogP contribution in [0.5, 0.6) is 11.5 Å². The molecule has 0 aliphatic heterocycles. The molecule has 4 aromatic rings. The van der Waals surface area contributed by atoms with E-state index in [1.54, 1.807) is 43.1 Å². The van der Waals surface area contributed by atoms with Crippen molar-refractivity contribution in [1.82, 2.24) is 19.9 Å². The lowest BCUT2D eigenvalue weighted by Gasteiger charge is -2.08. The first-order chi connectivity index (χ1) is 15.2. The molecule has 0 radical (unpaired) electrons. The number of rotatable bonds is 6. The molecule has 0 bridgehead atoms. The van der Waals surface area contributed by atoms with Gasteiger partial charge < -0.3 is 14.8 Å². The van der Waals surface area contributed by atoms with E-state index >= 15 is 0 Å². The van der Waals surface area contributed by atoms with Gasteiger partial charge in [-0.1, -0.05) is 0 Å². The molecule has 1 amide bonds. The predicted molar refractivity (Wildman–Crippen MR) is 112 cm³/mol. The molecule has 0 atom stereocenters. The molecule has 4 rings (SSSR count). The minimum absolute atomic E-state index is 0.243. The maximum absolute atomic E-state index is 12.8. The van der Waals surface area contributed by atoms with Crippen molar-refractivity contribution >= 4 is 22.8 Å². The Morgan fingerprint density at radius 2 is 1.94 bits per heavy atom. The van der Waals surface area contributed by atoms with E-state index < -0.39 is 6.36 Å². The largest absolute Gasteiger partial charge is 0.573 e. The molecule has 0 saturated heterocycles. The highest BCUT2D eigenvalue weighted by atomic mass is 32.1. The number of carbonyl (C=O) groups is 1. The zero-order valence-electron chi connectivity index (χ0n) is 16.9. The number of nitrogens with zero attached hydrogens (tertiary/aromatic N) is 3. The summed E-state index contributed by atoms with van der Waals surface area (Å²) in [6, 6.07) is 8.95. The van der Waals surface area contributed by atoms with Crippen molar-refractivity contribution in [2.75, 3.05) is 7.11 Å². The topological polar surface area (TPSA) is 77.8 Å². The molecule has 32 heavy (non-hydrogen) atoms. The van der Waals surface area contributed by atoms with Crippen LogP contribution in [0.3, 0.4) is 0 Å². The summed E-state index contributed by atoms with van der Waals surface area (Å²) in [5.41, 5.74) is 2.31. The average Bonchev–Trinajstić information content (AvgIpc) is 3.34. The van der Waals surface area contributed by atoms with Gasteiger partial charge in [0, 0.05) is 28.9 Å². The van der Waals surface area contributed by atoms with Crippen molar-refractivity contribution in [2.24, 2.45) is 0 Å². The molecule has 3 heterocycles. The average molecular weight is 462 g/mol. The van der Waals surface area contributed by atoms with Gasteiger partial charge in [-0.15, -0.1) is 24.5 Å². The zero-order valence-corrected chi connectivity index (χ0v) is 17.8. The molecule has 0 aliphatic rings. The number of carbonyl (C=O) groups excluding carboxylic acids is 1. The van der Waals surface area contributed by atoms with Crippen molar-refractivity contribution < 1.29 is 27.4 Å². The number of hydrogen-bond donors (Lipinski definition) is 1. The van der Waals surface area contributed by atoms with E-state index in [1.165, 1.54) is 35.6 Å². The van der Waals surface area contributed by atoms with Crippen LogP contribution in [0.25, 0.3) is 16.1 Å². The van der Waals surface area contributed by atoms with Crippen LogP contribution in [-0.4, -0.2) is 34.0 Å². The first-order valence-corrected chi connectivity index (χ1v) is 10.2. The molecule has 0 unspecified atom stereocenters. The number of aromatic nitrogens is 3. The Balaban J connectivity index is 1.45. The summed E-state index contributed by atoms with van der Waals surface area (Å²) >= 11 is 1.33. The molecular formula is C21H17F3N4O3S. The van der Waals surface area contributed by atoms with Gasteiger partial charge in [0.1, 0.15) is 16.5 Å². The van der Waals surface area contributed by atoms with E-state index in [4.69, 9.17) is 4.74 Å². The van der Waals surface area contributed by atoms with Crippen LogP contribution in [-0.2, 0) is 6.54 Å². The Morgan fingerprint density at radius 1 is 1.19 bits per heavy atom. The third-order valence-electron chi connectivity index (χ3n) is 4.56. The maximum atomic E-state index is 12.8. The smallest absolute Gasteiger partial charge is 0.497 e. The third-order valence-corrected chi connectivity index (χ3v) is 5.60. The molecule has 1 aromatic carbocycles. The van der Waals surface area contributed by atoms with Gasteiger partial charge in [0.2, 0.25) is 0 Å². The predicted octanol–water partition coefficient (Wildman–Crippen LogP) is 4.60. The monoisotopic (exact) mass is 462 g/mol. The number of halogens is 3. The van der Waals surface area contributed by atoms with Crippen molar-refractivity contribution in [3.8, 4) is 22.1 Å². The first kappa shape index (κ1) is 21.6. The quantitative estimate of drug-likeness (QED) is 0.453. The second-order valence-corrected chi connectivity index (χ2v) is 7.86. The fourth-order valence-corrected chi connectivity index (χ4v) is 3.99. The van der Waals surface area contributed by atoms with Gasteiger partial charge in [-0.2, -0.15) is 5.10 Å². The molecule has 3 aromatic heterocycles. The maximum Gasteiger partial charge on any atom is 0.573 e. The number of thiazole rings is 1. The van der Waals surface area contributed by atoms with Crippen LogP contribution in [0.2, 0.25) is 0 Å². The van der Waals surface area contributed by atoms with Crippen LogP contribution in [0.4, 0.5) is 13.2 Å². The van der Waals surface area contributed by atoms with Gasteiger partial charge in [-0.05, 0) is 37.3 Å². The van der Waals surface area contributed by atoms with Gasteiger partial charge in [0.25, 0.3) is 5.91 Å². The normalized spacial score (nSPS) is 11.5. The van der Waals surface area contributed by atoms with Crippen molar-refractivity contribution in [1.29, 1.82) is 0 Å². The van der Waals surface area contributed by atoms with Crippen LogP contribution >= 0.6 is 11.3 Å². The van der Waals surface area contributed by atoms with Gasteiger partial charge in [-0.25, -0.2) is 9.50 Å². The number of benzene rings is 1. The zero-order chi connectivity index (χ0) is 22.9. The Morgan fingerprint density at radius 3 is 2.62 bits per heavy atom. The molecule has 0 saturated carbocycles. The van der Waals surface area contributed by atoms with E-state index in [0.29, 0.717) is 33.1 Å². The number of nitrogens with one attached hydrogen (secondary N) is 1. The van der Waals surface area contributed by atoms with E-state index in [1.807, 2.05) is 0 Å². The van der Waals surface area contributed by atoms with Gasteiger partial charge >= 0.3 is 6.36 Å². The summed E-state index contributed by atoms with van der Waals surface area (Å²) in [6.45, 7) is 2.00. The van der Waals surface area contributed by atoms with Crippen LogP contribution in [0.1, 0.15) is 20.9 Å². The van der Waals surface area contributed by atoms with Gasteiger partial charge in [0.15, 0.2) is 0 Å². The molecule has 11 heteroatoms. The molecule has 1 N–H and O–H groups in total. The van der Waals surface area contributed by atoms with Crippen molar-refractivity contribution in [3.05, 3.63) is 64.9 Å². The Bertz CT molecular complexity index is 1270. The van der Waals surface area contributed by atoms with E-state index in [0.717, 1.165) is 4.88 Å². The molecule has 0 fully saturated rings. The Hall–Kier alpha value is -3.60. The molecule has 7 nitrogen and oxygen atoms in total. The second kappa shape index (κ2) is 8.50. The highest BCUT2D eigenvalue weighted by molar-refractivity contribution is 7.15. The number of amides is 1. The van der Waals surface area contributed by atoms with E-state index in [2.05, 4.69) is 20.1 Å².